The maximum absolute atomic E-state index is 13.4. The largest absolute Gasteiger partial charge is 0.372 e. The Morgan fingerprint density at radius 2 is 2.00 bits per heavy atom. The molecule has 120 valence electrons. The van der Waals surface area contributed by atoms with E-state index in [0.717, 1.165) is 18.4 Å². The summed E-state index contributed by atoms with van der Waals surface area (Å²) in [6.45, 7) is 12.1. The average Bonchev–Trinajstić information content (AvgIpc) is 2.37. The number of nitrogens with one attached hydrogen (secondary N) is 1. The van der Waals surface area contributed by atoms with Crippen molar-refractivity contribution in [2.75, 3.05) is 13.2 Å². The first kappa shape index (κ1) is 18.1. The van der Waals surface area contributed by atoms with Gasteiger partial charge in [0.25, 0.3) is 0 Å². The van der Waals surface area contributed by atoms with Gasteiger partial charge in [-0.25, -0.2) is 4.39 Å². The highest BCUT2D eigenvalue weighted by Crippen LogP contribution is 2.20. The van der Waals surface area contributed by atoms with Crippen LogP contribution in [0.25, 0.3) is 0 Å². The summed E-state index contributed by atoms with van der Waals surface area (Å²) >= 11 is 0. The van der Waals surface area contributed by atoms with E-state index in [2.05, 4.69) is 39.9 Å². The molecule has 1 rings (SSSR count). The van der Waals surface area contributed by atoms with E-state index in [1.165, 1.54) is 6.07 Å². The van der Waals surface area contributed by atoms with Crippen molar-refractivity contribution >= 4 is 0 Å². The van der Waals surface area contributed by atoms with Crippen molar-refractivity contribution in [2.24, 2.45) is 5.92 Å². The van der Waals surface area contributed by atoms with E-state index in [1.807, 2.05) is 6.07 Å². The summed E-state index contributed by atoms with van der Waals surface area (Å²) in [5.74, 6) is 0.319. The molecular formula is C18H30FNO. The lowest BCUT2D eigenvalue weighted by molar-refractivity contribution is 0.0263. The summed E-state index contributed by atoms with van der Waals surface area (Å²) in [7, 11) is 0. The molecule has 0 radical (unpaired) electrons. The van der Waals surface area contributed by atoms with Crippen molar-refractivity contribution in [2.45, 2.75) is 59.1 Å². The summed E-state index contributed by atoms with van der Waals surface area (Å²) in [6, 6.07) is 6.72. The Morgan fingerprint density at radius 3 is 2.57 bits per heavy atom. The SMILES string of the molecule is CCCC(C)COC(CNC(C)(C)C)c1cccc(F)c1. The zero-order chi connectivity index (χ0) is 15.9. The van der Waals surface area contributed by atoms with Gasteiger partial charge in [0.15, 0.2) is 0 Å². The first-order chi connectivity index (χ1) is 9.81. The van der Waals surface area contributed by atoms with Gasteiger partial charge in [-0.2, -0.15) is 0 Å². The zero-order valence-electron chi connectivity index (χ0n) is 14.1. The van der Waals surface area contributed by atoms with Crippen molar-refractivity contribution < 1.29 is 9.13 Å². The van der Waals surface area contributed by atoms with Crippen LogP contribution in [0.2, 0.25) is 0 Å². The van der Waals surface area contributed by atoms with Crippen LogP contribution in [0, 0.1) is 11.7 Å². The molecule has 21 heavy (non-hydrogen) atoms. The van der Waals surface area contributed by atoms with Crippen LogP contribution in [0.3, 0.4) is 0 Å². The number of ether oxygens (including phenoxy) is 1. The summed E-state index contributed by atoms with van der Waals surface area (Å²) in [5, 5.41) is 3.45. The first-order valence-electron chi connectivity index (χ1n) is 7.94. The maximum atomic E-state index is 13.4. The predicted molar refractivity (Wildman–Crippen MR) is 86.9 cm³/mol. The molecule has 0 spiro atoms. The normalized spacial score (nSPS) is 15.0. The van der Waals surface area contributed by atoms with E-state index >= 15 is 0 Å². The Hall–Kier alpha value is -0.930. The van der Waals surface area contributed by atoms with E-state index in [-0.39, 0.29) is 17.5 Å². The van der Waals surface area contributed by atoms with E-state index < -0.39 is 0 Å². The van der Waals surface area contributed by atoms with Gasteiger partial charge < -0.3 is 10.1 Å². The van der Waals surface area contributed by atoms with Crippen LogP contribution >= 0.6 is 0 Å². The van der Waals surface area contributed by atoms with E-state index in [1.54, 1.807) is 12.1 Å². The molecule has 1 N–H and O–H groups in total. The summed E-state index contributed by atoms with van der Waals surface area (Å²) in [6.07, 6.45) is 2.21. The molecule has 3 heteroatoms. The third-order valence-corrected chi connectivity index (χ3v) is 3.40. The molecule has 1 aromatic carbocycles. The van der Waals surface area contributed by atoms with Gasteiger partial charge in [-0.05, 0) is 50.8 Å². The van der Waals surface area contributed by atoms with Crippen molar-refractivity contribution in [3.63, 3.8) is 0 Å². The molecule has 0 saturated carbocycles. The second-order valence-corrected chi connectivity index (χ2v) is 6.90. The minimum Gasteiger partial charge on any atom is -0.372 e. The van der Waals surface area contributed by atoms with Gasteiger partial charge in [0, 0.05) is 12.1 Å². The zero-order valence-corrected chi connectivity index (χ0v) is 14.1. The van der Waals surface area contributed by atoms with Crippen LogP contribution in [0.5, 0.6) is 0 Å². The van der Waals surface area contributed by atoms with E-state index in [0.29, 0.717) is 19.1 Å². The number of benzene rings is 1. The van der Waals surface area contributed by atoms with Crippen LogP contribution in [-0.4, -0.2) is 18.7 Å². The molecule has 0 aliphatic rings. The van der Waals surface area contributed by atoms with Gasteiger partial charge in [-0.1, -0.05) is 32.4 Å². The van der Waals surface area contributed by atoms with Gasteiger partial charge in [-0.3, -0.25) is 0 Å². The smallest absolute Gasteiger partial charge is 0.123 e. The number of rotatable bonds is 8. The molecule has 0 amide bonds. The lowest BCUT2D eigenvalue weighted by Crippen LogP contribution is -2.39. The van der Waals surface area contributed by atoms with Gasteiger partial charge in [-0.15, -0.1) is 0 Å². The lowest BCUT2D eigenvalue weighted by Gasteiger charge is -2.26. The Morgan fingerprint density at radius 1 is 1.29 bits per heavy atom. The monoisotopic (exact) mass is 295 g/mol. The van der Waals surface area contributed by atoms with E-state index in [4.69, 9.17) is 4.74 Å². The predicted octanol–water partition coefficient (Wildman–Crippen LogP) is 4.71. The van der Waals surface area contributed by atoms with Crippen LogP contribution < -0.4 is 5.32 Å². The molecule has 0 aromatic heterocycles. The molecule has 0 aliphatic carbocycles. The molecule has 2 atom stereocenters. The number of halogens is 1. The topological polar surface area (TPSA) is 21.3 Å². The number of hydrogen-bond acceptors (Lipinski definition) is 2. The average molecular weight is 295 g/mol. The van der Waals surface area contributed by atoms with Crippen LogP contribution in [0.15, 0.2) is 24.3 Å². The third kappa shape index (κ3) is 7.58. The molecule has 1 aromatic rings. The molecule has 0 fully saturated rings. The van der Waals surface area contributed by atoms with Gasteiger partial charge >= 0.3 is 0 Å². The molecule has 0 heterocycles. The van der Waals surface area contributed by atoms with Crippen molar-refractivity contribution in [1.29, 1.82) is 0 Å². The van der Waals surface area contributed by atoms with Crippen molar-refractivity contribution in [1.82, 2.24) is 5.32 Å². The molecule has 2 unspecified atom stereocenters. The Kier molecular flexibility index (Phi) is 7.33. The summed E-state index contributed by atoms with van der Waals surface area (Å²) in [5.41, 5.74) is 0.916. The fourth-order valence-electron chi connectivity index (χ4n) is 2.24. The van der Waals surface area contributed by atoms with Gasteiger partial charge in [0.1, 0.15) is 5.82 Å². The highest BCUT2D eigenvalue weighted by molar-refractivity contribution is 5.19. The molecule has 0 bridgehead atoms. The maximum Gasteiger partial charge on any atom is 0.123 e. The minimum absolute atomic E-state index is 0.0178. The fourth-order valence-corrected chi connectivity index (χ4v) is 2.24. The molecule has 2 nitrogen and oxygen atoms in total. The van der Waals surface area contributed by atoms with Crippen LogP contribution in [0.4, 0.5) is 4.39 Å². The van der Waals surface area contributed by atoms with Crippen molar-refractivity contribution in [3.8, 4) is 0 Å². The third-order valence-electron chi connectivity index (χ3n) is 3.40. The lowest BCUT2D eigenvalue weighted by atomic mass is 10.0. The van der Waals surface area contributed by atoms with Crippen LogP contribution in [0.1, 0.15) is 59.1 Å². The van der Waals surface area contributed by atoms with Gasteiger partial charge in [0.2, 0.25) is 0 Å². The highest BCUT2D eigenvalue weighted by atomic mass is 19.1. The summed E-state index contributed by atoms with van der Waals surface area (Å²) in [4.78, 5) is 0. The Balaban J connectivity index is 2.70. The van der Waals surface area contributed by atoms with Crippen LogP contribution in [-0.2, 0) is 4.74 Å². The Labute approximate surface area is 129 Å². The summed E-state index contributed by atoms with van der Waals surface area (Å²) < 4.78 is 19.5. The first-order valence-corrected chi connectivity index (χ1v) is 7.94. The standard InChI is InChI=1S/C18H30FNO/c1-6-8-14(2)13-21-17(12-20-18(3,4)5)15-9-7-10-16(19)11-15/h7,9-11,14,17,20H,6,8,12-13H2,1-5H3. The molecule has 0 aliphatic heterocycles. The molecule has 0 saturated heterocycles. The van der Waals surface area contributed by atoms with E-state index in [9.17, 15) is 4.39 Å². The van der Waals surface area contributed by atoms with Crippen molar-refractivity contribution in [3.05, 3.63) is 35.6 Å². The highest BCUT2D eigenvalue weighted by Gasteiger charge is 2.18. The second-order valence-electron chi connectivity index (χ2n) is 6.90. The second kappa shape index (κ2) is 8.50. The number of hydrogen-bond donors (Lipinski definition) is 1. The minimum atomic E-state index is -0.210. The van der Waals surface area contributed by atoms with Gasteiger partial charge in [0.05, 0.1) is 12.7 Å². The Bertz CT molecular complexity index is 414. The molecular weight excluding hydrogens is 265 g/mol. The fraction of sp³-hybridized carbons (Fsp3) is 0.667. The quantitative estimate of drug-likeness (QED) is 0.750.